The molecule has 3 heterocycles. The number of hydrogen-bond donors (Lipinski definition) is 1. The van der Waals surface area contributed by atoms with Gasteiger partial charge in [-0.25, -0.2) is 4.98 Å². The van der Waals surface area contributed by atoms with Crippen molar-refractivity contribution < 1.29 is 4.79 Å². The van der Waals surface area contributed by atoms with E-state index in [0.717, 1.165) is 21.8 Å². The number of carbonyl (C=O) groups is 1. The first-order chi connectivity index (χ1) is 12.0. The molecule has 0 spiro atoms. The first-order valence-electron chi connectivity index (χ1n) is 7.37. The van der Waals surface area contributed by atoms with Crippen LogP contribution in [0.1, 0.15) is 16.4 Å². The van der Waals surface area contributed by atoms with Crippen LogP contribution in [0.2, 0.25) is 10.0 Å². The van der Waals surface area contributed by atoms with E-state index in [0.29, 0.717) is 21.6 Å². The van der Waals surface area contributed by atoms with Crippen LogP contribution in [0.25, 0.3) is 10.7 Å². The third-order valence-electron chi connectivity index (χ3n) is 3.86. The maximum Gasteiger partial charge on any atom is 0.235 e. The lowest BCUT2D eigenvalue weighted by molar-refractivity contribution is -0.113. The Kier molecular flexibility index (Phi) is 4.49. The molecule has 25 heavy (non-hydrogen) atoms. The summed E-state index contributed by atoms with van der Waals surface area (Å²) in [7, 11) is 1.81. The Hall–Kier alpha value is -1.54. The van der Waals surface area contributed by atoms with E-state index in [1.165, 1.54) is 23.1 Å². The second kappa shape index (κ2) is 6.64. The average Bonchev–Trinajstić information content (AvgIpc) is 3.15. The summed E-state index contributed by atoms with van der Waals surface area (Å²) in [5.41, 5.74) is 2.58. The third kappa shape index (κ3) is 3.06. The summed E-state index contributed by atoms with van der Waals surface area (Å²) in [5.74, 6) is 0.944. The van der Waals surface area contributed by atoms with Crippen molar-refractivity contribution in [1.82, 2.24) is 14.8 Å². The molecule has 0 saturated heterocycles. The largest absolute Gasteiger partial charge is 0.310 e. The Balaban J connectivity index is 1.95. The molecule has 1 aliphatic rings. The number of nitrogens with one attached hydrogen (secondary N) is 1. The SMILES string of the molecule is Cn1nc(-c2nccs2)c2c1NC(=O)CSC2c1ccc(Cl)cc1Cl. The fraction of sp³-hybridized carbons (Fsp3) is 0.188. The molecule has 9 heteroatoms. The number of aromatic nitrogens is 3. The van der Waals surface area contributed by atoms with E-state index in [1.54, 1.807) is 16.9 Å². The highest BCUT2D eigenvalue weighted by atomic mass is 35.5. The summed E-state index contributed by atoms with van der Waals surface area (Å²) >= 11 is 15.5. The number of thiazole rings is 1. The van der Waals surface area contributed by atoms with Gasteiger partial charge in [0.25, 0.3) is 0 Å². The van der Waals surface area contributed by atoms with Crippen LogP contribution in [-0.2, 0) is 11.8 Å². The number of carbonyl (C=O) groups excluding carboxylic acids is 1. The van der Waals surface area contributed by atoms with Crippen LogP contribution in [0.3, 0.4) is 0 Å². The van der Waals surface area contributed by atoms with Gasteiger partial charge in [-0.2, -0.15) is 5.10 Å². The van der Waals surface area contributed by atoms with Gasteiger partial charge in [-0.3, -0.25) is 9.48 Å². The molecule has 2 aromatic heterocycles. The highest BCUT2D eigenvalue weighted by Crippen LogP contribution is 2.48. The van der Waals surface area contributed by atoms with Crippen LogP contribution >= 0.6 is 46.3 Å². The van der Waals surface area contributed by atoms with E-state index in [4.69, 9.17) is 23.2 Å². The van der Waals surface area contributed by atoms with E-state index in [1.807, 2.05) is 24.6 Å². The lowest BCUT2D eigenvalue weighted by Crippen LogP contribution is -2.15. The van der Waals surface area contributed by atoms with Crippen LogP contribution < -0.4 is 5.32 Å². The van der Waals surface area contributed by atoms with Crippen molar-refractivity contribution in [2.45, 2.75) is 5.25 Å². The molecule has 128 valence electrons. The van der Waals surface area contributed by atoms with Gasteiger partial charge in [0.1, 0.15) is 16.5 Å². The van der Waals surface area contributed by atoms with E-state index >= 15 is 0 Å². The molecule has 0 bridgehead atoms. The van der Waals surface area contributed by atoms with Crippen LogP contribution in [0.5, 0.6) is 0 Å². The molecular formula is C16H12Cl2N4OS2. The number of aryl methyl sites for hydroxylation is 1. The topological polar surface area (TPSA) is 59.8 Å². The maximum atomic E-state index is 12.2. The van der Waals surface area contributed by atoms with Crippen LogP contribution in [0.15, 0.2) is 29.8 Å². The van der Waals surface area contributed by atoms with Crippen molar-refractivity contribution in [1.29, 1.82) is 0 Å². The Morgan fingerprint density at radius 3 is 2.92 bits per heavy atom. The van der Waals surface area contributed by atoms with Gasteiger partial charge in [-0.05, 0) is 17.7 Å². The lowest BCUT2D eigenvalue weighted by Gasteiger charge is -2.17. The molecule has 0 aliphatic carbocycles. The molecule has 1 N–H and O–H groups in total. The van der Waals surface area contributed by atoms with E-state index in [-0.39, 0.29) is 11.2 Å². The number of benzene rings is 1. The number of nitrogens with zero attached hydrogens (tertiary/aromatic N) is 3. The van der Waals surface area contributed by atoms with Gasteiger partial charge in [0, 0.05) is 34.2 Å². The quantitative estimate of drug-likeness (QED) is 0.668. The van der Waals surface area contributed by atoms with Crippen LogP contribution in [-0.4, -0.2) is 26.4 Å². The van der Waals surface area contributed by atoms with Crippen molar-refractivity contribution in [3.05, 3.63) is 50.9 Å². The van der Waals surface area contributed by atoms with Crippen molar-refractivity contribution in [3.8, 4) is 10.7 Å². The third-order valence-corrected chi connectivity index (χ3v) is 6.46. The Labute approximate surface area is 162 Å². The summed E-state index contributed by atoms with van der Waals surface area (Å²) in [5, 5.41) is 11.3. The Bertz CT molecular complexity index is 955. The molecule has 0 fully saturated rings. The fourth-order valence-electron chi connectivity index (χ4n) is 2.81. The smallest absolute Gasteiger partial charge is 0.235 e. The highest BCUT2D eigenvalue weighted by Gasteiger charge is 2.33. The summed E-state index contributed by atoms with van der Waals surface area (Å²) in [6.07, 6.45) is 1.74. The molecule has 1 atom stereocenters. The molecule has 1 unspecified atom stereocenters. The van der Waals surface area contributed by atoms with Crippen molar-refractivity contribution >= 4 is 58.0 Å². The molecule has 0 saturated carbocycles. The van der Waals surface area contributed by atoms with Gasteiger partial charge in [-0.1, -0.05) is 29.3 Å². The minimum absolute atomic E-state index is 0.0625. The standard InChI is InChI=1S/C16H12Cl2N4OS2/c1-22-15-12(13(21-22)16-19-4-5-24-16)14(25-7-11(23)20-15)9-3-2-8(17)6-10(9)18/h2-6,14H,7H2,1H3,(H,20,23). The van der Waals surface area contributed by atoms with Crippen LogP contribution in [0, 0.1) is 0 Å². The number of halogens is 2. The van der Waals surface area contributed by atoms with Crippen molar-refractivity contribution in [2.75, 3.05) is 11.1 Å². The summed E-state index contributed by atoms with van der Waals surface area (Å²) in [4.78, 5) is 16.6. The minimum atomic E-state index is -0.147. The van der Waals surface area contributed by atoms with Gasteiger partial charge in [0.2, 0.25) is 5.91 Å². The predicted molar refractivity (Wildman–Crippen MR) is 104 cm³/mol. The van der Waals surface area contributed by atoms with Gasteiger partial charge in [0.15, 0.2) is 0 Å². The Morgan fingerprint density at radius 2 is 2.20 bits per heavy atom. The number of fused-ring (bicyclic) bond motifs is 1. The average molecular weight is 411 g/mol. The Morgan fingerprint density at radius 1 is 1.36 bits per heavy atom. The van der Waals surface area contributed by atoms with Gasteiger partial charge < -0.3 is 5.32 Å². The second-order valence-corrected chi connectivity index (χ2v) is 8.31. The number of amides is 1. The normalized spacial score (nSPS) is 17.1. The molecule has 1 amide bonds. The molecule has 1 aliphatic heterocycles. The van der Waals surface area contributed by atoms with Crippen LogP contribution in [0.4, 0.5) is 5.82 Å². The lowest BCUT2D eigenvalue weighted by atomic mass is 10.0. The number of hydrogen-bond acceptors (Lipinski definition) is 5. The van der Waals surface area contributed by atoms with Gasteiger partial charge in [0.05, 0.1) is 11.0 Å². The van der Waals surface area contributed by atoms with Crippen molar-refractivity contribution in [3.63, 3.8) is 0 Å². The zero-order chi connectivity index (χ0) is 17.6. The maximum absolute atomic E-state index is 12.2. The molecule has 5 nitrogen and oxygen atoms in total. The second-order valence-electron chi connectivity index (χ2n) is 5.48. The number of thioether (sulfide) groups is 1. The van der Waals surface area contributed by atoms with E-state index < -0.39 is 0 Å². The monoisotopic (exact) mass is 410 g/mol. The highest BCUT2D eigenvalue weighted by molar-refractivity contribution is 8.00. The first-order valence-corrected chi connectivity index (χ1v) is 10.1. The summed E-state index contributed by atoms with van der Waals surface area (Å²) in [6.45, 7) is 0. The molecule has 1 aromatic carbocycles. The predicted octanol–water partition coefficient (Wildman–Crippen LogP) is 4.63. The minimum Gasteiger partial charge on any atom is -0.310 e. The first kappa shape index (κ1) is 16.9. The zero-order valence-electron chi connectivity index (χ0n) is 13.0. The van der Waals surface area contributed by atoms with Crippen molar-refractivity contribution in [2.24, 2.45) is 7.05 Å². The molecule has 3 aromatic rings. The van der Waals surface area contributed by atoms with E-state index in [2.05, 4.69) is 15.4 Å². The summed E-state index contributed by atoms with van der Waals surface area (Å²) in [6, 6.07) is 5.43. The van der Waals surface area contributed by atoms with Gasteiger partial charge >= 0.3 is 0 Å². The molecule has 0 radical (unpaired) electrons. The molecule has 4 rings (SSSR count). The fourth-order valence-corrected chi connectivity index (χ4v) is 5.19. The van der Waals surface area contributed by atoms with E-state index in [9.17, 15) is 4.79 Å². The number of rotatable bonds is 2. The van der Waals surface area contributed by atoms with Gasteiger partial charge in [-0.15, -0.1) is 23.1 Å². The number of anilines is 1. The molecular weight excluding hydrogens is 399 g/mol. The summed E-state index contributed by atoms with van der Waals surface area (Å²) < 4.78 is 1.69. The zero-order valence-corrected chi connectivity index (χ0v) is 16.1.